The van der Waals surface area contributed by atoms with Crippen LogP contribution in [0.5, 0.6) is 0 Å². The van der Waals surface area contributed by atoms with Crippen LogP contribution in [0.3, 0.4) is 0 Å². The number of fused-ring (bicyclic) bond motifs is 1. The molecule has 0 atom stereocenters. The topological polar surface area (TPSA) is 0 Å². The maximum Gasteiger partial charge on any atom is 0.0425 e. The van der Waals surface area contributed by atoms with Crippen molar-refractivity contribution in [1.82, 2.24) is 0 Å². The van der Waals surface area contributed by atoms with Crippen LogP contribution in [-0.4, -0.2) is 0 Å². The second kappa shape index (κ2) is 6.68. The Kier molecular flexibility index (Phi) is 4.03. The molecule has 0 radical (unpaired) electrons. The van der Waals surface area contributed by atoms with E-state index in [1.54, 1.807) is 0 Å². The Bertz CT molecular complexity index is 1030. The summed E-state index contributed by atoms with van der Waals surface area (Å²) in [6.45, 7) is 0. The third kappa shape index (κ3) is 2.75. The average molecular weight is 365 g/mol. The summed E-state index contributed by atoms with van der Waals surface area (Å²) in [4.78, 5) is 1.34. The van der Waals surface area contributed by atoms with Crippen molar-refractivity contribution >= 4 is 17.4 Å². The lowest BCUT2D eigenvalue weighted by molar-refractivity contribution is 0.633. The molecule has 0 nitrogen and oxygen atoms in total. The molecule has 0 bridgehead atoms. The van der Waals surface area contributed by atoms with Crippen LogP contribution in [0, 0.1) is 0 Å². The number of hydrogen-bond donors (Lipinski definition) is 0. The van der Waals surface area contributed by atoms with E-state index in [2.05, 4.69) is 109 Å². The van der Waals surface area contributed by atoms with Crippen LogP contribution < -0.4 is 0 Å². The average Bonchev–Trinajstić information content (AvgIpc) is 3.29. The highest BCUT2D eigenvalue weighted by Gasteiger charge is 2.35. The van der Waals surface area contributed by atoms with Gasteiger partial charge in [0.25, 0.3) is 0 Å². The van der Waals surface area contributed by atoms with Crippen molar-refractivity contribution in [2.45, 2.75) is 11.8 Å². The minimum Gasteiger partial charge on any atom is -0.144 e. The van der Waals surface area contributed by atoms with Gasteiger partial charge in [-0.15, -0.1) is 11.3 Å². The van der Waals surface area contributed by atoms with Crippen LogP contribution in [0.25, 0.3) is 16.5 Å². The first-order valence-electron chi connectivity index (χ1n) is 9.33. The first-order valence-corrected chi connectivity index (χ1v) is 10.2. The fraction of sp³-hybridized carbons (Fsp3) is 0.0769. The zero-order valence-electron chi connectivity index (χ0n) is 15.0. The summed E-state index contributed by atoms with van der Waals surface area (Å²) < 4.78 is 0. The van der Waals surface area contributed by atoms with E-state index in [9.17, 15) is 0 Å². The lowest BCUT2D eigenvalue weighted by Crippen LogP contribution is -2.30. The number of hydrogen-bond acceptors (Lipinski definition) is 1. The normalized spacial score (nSPS) is 14.7. The van der Waals surface area contributed by atoms with Gasteiger partial charge in [-0.25, -0.2) is 0 Å². The monoisotopic (exact) mass is 364 g/mol. The Balaban J connectivity index is 1.70. The third-order valence-corrected chi connectivity index (χ3v) is 6.47. The molecule has 130 valence electrons. The molecule has 1 heterocycles. The number of thiophene rings is 1. The Hall–Kier alpha value is -2.90. The van der Waals surface area contributed by atoms with Crippen LogP contribution in [0.2, 0.25) is 0 Å². The maximum atomic E-state index is 2.41. The van der Waals surface area contributed by atoms with Gasteiger partial charge in [0, 0.05) is 10.3 Å². The van der Waals surface area contributed by atoms with Gasteiger partial charge in [-0.1, -0.05) is 97.1 Å². The molecule has 5 rings (SSSR count). The predicted octanol–water partition coefficient (Wildman–Crippen LogP) is 6.97. The molecule has 0 N–H and O–H groups in total. The molecule has 1 aromatic heterocycles. The summed E-state index contributed by atoms with van der Waals surface area (Å²) in [5.74, 6) is 0. The standard InChI is InChI=1S/C26H20S/c1-3-10-21(11-4-1)26(22-12-5-2-6-13-22)17-16-23-20(19-26)9-7-14-24(23)25-15-8-18-27-25/h1-18H,19H2. The fourth-order valence-corrected chi connectivity index (χ4v) is 5.00. The van der Waals surface area contributed by atoms with Gasteiger partial charge in [0.2, 0.25) is 0 Å². The lowest BCUT2D eigenvalue weighted by atomic mass is 9.67. The molecule has 1 aliphatic carbocycles. The van der Waals surface area contributed by atoms with Gasteiger partial charge in [-0.3, -0.25) is 0 Å². The van der Waals surface area contributed by atoms with Crippen LogP contribution >= 0.6 is 11.3 Å². The summed E-state index contributed by atoms with van der Waals surface area (Å²) in [5.41, 5.74) is 6.69. The van der Waals surface area contributed by atoms with Gasteiger partial charge in [-0.2, -0.15) is 0 Å². The highest BCUT2D eigenvalue weighted by Crippen LogP contribution is 2.44. The van der Waals surface area contributed by atoms with Crippen molar-refractivity contribution in [3.8, 4) is 10.4 Å². The van der Waals surface area contributed by atoms with Gasteiger partial charge in [0.05, 0.1) is 0 Å². The Labute approximate surface area is 164 Å². The van der Waals surface area contributed by atoms with Crippen molar-refractivity contribution < 1.29 is 0 Å². The molecule has 0 aliphatic heterocycles. The van der Waals surface area contributed by atoms with E-state index in [0.29, 0.717) is 0 Å². The maximum absolute atomic E-state index is 2.41. The first kappa shape index (κ1) is 16.3. The molecule has 27 heavy (non-hydrogen) atoms. The minimum absolute atomic E-state index is 0.121. The molecular weight excluding hydrogens is 344 g/mol. The van der Waals surface area contributed by atoms with E-state index in [-0.39, 0.29) is 5.41 Å². The summed E-state index contributed by atoms with van der Waals surface area (Å²) in [7, 11) is 0. The quantitative estimate of drug-likeness (QED) is 0.368. The minimum atomic E-state index is -0.121. The highest BCUT2D eigenvalue weighted by atomic mass is 32.1. The van der Waals surface area contributed by atoms with Crippen molar-refractivity contribution in [3.05, 3.63) is 125 Å². The Morgan fingerprint density at radius 1 is 0.667 bits per heavy atom. The Morgan fingerprint density at radius 3 is 2.00 bits per heavy atom. The molecular formula is C26H20S. The summed E-state index contributed by atoms with van der Waals surface area (Å²) >= 11 is 1.81. The third-order valence-electron chi connectivity index (χ3n) is 5.56. The van der Waals surface area contributed by atoms with Crippen molar-refractivity contribution in [2.75, 3.05) is 0 Å². The van der Waals surface area contributed by atoms with Gasteiger partial charge >= 0.3 is 0 Å². The molecule has 1 heteroatoms. The first-order chi connectivity index (χ1) is 13.4. The van der Waals surface area contributed by atoms with Crippen LogP contribution in [0.4, 0.5) is 0 Å². The number of allylic oxidation sites excluding steroid dienone is 1. The van der Waals surface area contributed by atoms with Gasteiger partial charge < -0.3 is 0 Å². The Morgan fingerprint density at radius 2 is 1.37 bits per heavy atom. The number of rotatable bonds is 3. The van der Waals surface area contributed by atoms with Crippen molar-refractivity contribution in [2.24, 2.45) is 0 Å². The molecule has 0 fully saturated rings. The zero-order chi connectivity index (χ0) is 18.1. The molecule has 4 aromatic rings. The van der Waals surface area contributed by atoms with Gasteiger partial charge in [0.1, 0.15) is 0 Å². The van der Waals surface area contributed by atoms with Crippen LogP contribution in [-0.2, 0) is 11.8 Å². The summed E-state index contributed by atoms with van der Waals surface area (Å²) in [6.07, 6.45) is 5.73. The molecule has 0 unspecified atom stereocenters. The summed E-state index contributed by atoms with van der Waals surface area (Å²) in [6, 6.07) is 32.9. The molecule has 0 amide bonds. The molecule has 0 saturated carbocycles. The largest absolute Gasteiger partial charge is 0.144 e. The van der Waals surface area contributed by atoms with Gasteiger partial charge in [0.15, 0.2) is 0 Å². The molecule has 1 aliphatic rings. The summed E-state index contributed by atoms with van der Waals surface area (Å²) in [5, 5.41) is 2.15. The molecule has 0 spiro atoms. The number of benzene rings is 3. The SMILES string of the molecule is C1=CC(c2ccccc2)(c2ccccc2)Cc2cccc(-c3cccs3)c21. The zero-order valence-corrected chi connectivity index (χ0v) is 15.8. The fourth-order valence-electron chi connectivity index (χ4n) is 4.23. The van der Waals surface area contributed by atoms with Crippen LogP contribution in [0.1, 0.15) is 22.3 Å². The lowest BCUT2D eigenvalue weighted by Gasteiger charge is -2.36. The van der Waals surface area contributed by atoms with Gasteiger partial charge in [-0.05, 0) is 45.7 Å². The van der Waals surface area contributed by atoms with Crippen molar-refractivity contribution in [1.29, 1.82) is 0 Å². The van der Waals surface area contributed by atoms with E-state index < -0.39 is 0 Å². The smallest absolute Gasteiger partial charge is 0.0425 e. The molecule has 3 aromatic carbocycles. The van der Waals surface area contributed by atoms with Crippen LogP contribution in [0.15, 0.2) is 102 Å². The second-order valence-corrected chi connectivity index (χ2v) is 8.02. The predicted molar refractivity (Wildman–Crippen MR) is 116 cm³/mol. The molecule has 0 saturated heterocycles. The highest BCUT2D eigenvalue weighted by molar-refractivity contribution is 7.13. The van der Waals surface area contributed by atoms with E-state index in [1.807, 2.05) is 11.3 Å². The van der Waals surface area contributed by atoms with E-state index >= 15 is 0 Å². The second-order valence-electron chi connectivity index (χ2n) is 7.07. The van der Waals surface area contributed by atoms with E-state index in [0.717, 1.165) is 6.42 Å². The van der Waals surface area contributed by atoms with E-state index in [1.165, 1.54) is 32.7 Å². The van der Waals surface area contributed by atoms with E-state index in [4.69, 9.17) is 0 Å². The van der Waals surface area contributed by atoms with Crippen molar-refractivity contribution in [3.63, 3.8) is 0 Å².